The van der Waals surface area contributed by atoms with Gasteiger partial charge in [-0.1, -0.05) is 18.2 Å². The minimum Gasteiger partial charge on any atom is -0.343 e. The van der Waals surface area contributed by atoms with E-state index in [1.807, 2.05) is 57.2 Å². The van der Waals surface area contributed by atoms with Gasteiger partial charge in [0.1, 0.15) is 17.9 Å². The lowest BCUT2D eigenvalue weighted by Crippen LogP contribution is -2.58. The Morgan fingerprint density at radius 1 is 1.20 bits per heavy atom. The van der Waals surface area contributed by atoms with Gasteiger partial charge in [0.05, 0.1) is 22.8 Å². The first-order valence-electron chi connectivity index (χ1n) is 12.0. The van der Waals surface area contributed by atoms with Gasteiger partial charge in [0.2, 0.25) is 17.7 Å². The number of anilines is 1. The zero-order valence-electron chi connectivity index (χ0n) is 20.9. The van der Waals surface area contributed by atoms with E-state index in [0.717, 1.165) is 24.2 Å². The number of para-hydroxylation sites is 1. The standard InChI is InChI=1S/C25H34N6O3S/c1-15-14-19(31(29-15)17-10-7-6-8-11-17)28-23(33)21-25(3,4)35-20-13-9-12-18(24(34)30(20)21)27-22(32)16(2)26-5/h6-8,10-11,14,16,18,20-21,26H,9,12-13H2,1-5H3,(H,27,32)(H,28,33)/t16-,18?,20?,21+/m0/s1. The molecule has 2 aliphatic heterocycles. The second-order valence-corrected chi connectivity index (χ2v) is 11.6. The van der Waals surface area contributed by atoms with E-state index in [1.54, 1.807) is 35.3 Å². The number of thioether (sulfide) groups is 1. The van der Waals surface area contributed by atoms with Crippen molar-refractivity contribution in [1.29, 1.82) is 0 Å². The molecular formula is C25H34N6O3S. The van der Waals surface area contributed by atoms with Gasteiger partial charge in [-0.05, 0) is 66.1 Å². The summed E-state index contributed by atoms with van der Waals surface area (Å²) >= 11 is 1.65. The number of likely N-dealkylation sites (N-methyl/N-ethyl adjacent to an activating group) is 1. The lowest BCUT2D eigenvalue weighted by atomic mass is 9.99. The third-order valence-electron chi connectivity index (χ3n) is 6.66. The lowest BCUT2D eigenvalue weighted by Gasteiger charge is -2.33. The molecule has 3 N–H and O–H groups in total. The maximum absolute atomic E-state index is 13.8. The number of aromatic nitrogens is 2. The Kier molecular flexibility index (Phi) is 7.23. The fourth-order valence-corrected chi connectivity index (χ4v) is 6.47. The highest BCUT2D eigenvalue weighted by Gasteiger charge is 2.54. The van der Waals surface area contributed by atoms with Crippen molar-refractivity contribution >= 4 is 35.3 Å². The quantitative estimate of drug-likeness (QED) is 0.565. The van der Waals surface area contributed by atoms with Crippen LogP contribution in [0.3, 0.4) is 0 Å². The molecule has 3 amide bonds. The average Bonchev–Trinajstić information content (AvgIpc) is 3.28. The number of carbonyl (C=O) groups is 3. The van der Waals surface area contributed by atoms with Gasteiger partial charge in [-0.25, -0.2) is 4.68 Å². The van der Waals surface area contributed by atoms with Crippen LogP contribution in [-0.4, -0.2) is 67.7 Å². The zero-order valence-corrected chi connectivity index (χ0v) is 21.7. The second kappa shape index (κ2) is 10.0. The van der Waals surface area contributed by atoms with Crippen LogP contribution in [0.15, 0.2) is 36.4 Å². The van der Waals surface area contributed by atoms with Gasteiger partial charge >= 0.3 is 0 Å². The molecule has 10 heteroatoms. The molecule has 188 valence electrons. The van der Waals surface area contributed by atoms with Crippen LogP contribution in [0, 0.1) is 6.92 Å². The highest BCUT2D eigenvalue weighted by Crippen LogP contribution is 2.48. The van der Waals surface area contributed by atoms with Crippen molar-refractivity contribution in [2.75, 3.05) is 12.4 Å². The Bertz CT molecular complexity index is 1100. The fraction of sp³-hybridized carbons (Fsp3) is 0.520. The zero-order chi connectivity index (χ0) is 25.3. The molecule has 35 heavy (non-hydrogen) atoms. The topological polar surface area (TPSA) is 108 Å². The summed E-state index contributed by atoms with van der Waals surface area (Å²) in [6.07, 6.45) is 2.13. The van der Waals surface area contributed by atoms with E-state index >= 15 is 0 Å². The van der Waals surface area contributed by atoms with E-state index in [4.69, 9.17) is 0 Å². The van der Waals surface area contributed by atoms with Crippen LogP contribution in [0.4, 0.5) is 5.82 Å². The highest BCUT2D eigenvalue weighted by atomic mass is 32.2. The molecule has 2 unspecified atom stereocenters. The largest absolute Gasteiger partial charge is 0.343 e. The molecule has 4 rings (SSSR count). The van der Waals surface area contributed by atoms with E-state index in [0.29, 0.717) is 12.2 Å². The molecule has 0 aliphatic carbocycles. The van der Waals surface area contributed by atoms with Gasteiger partial charge in [-0.15, -0.1) is 11.8 Å². The SMILES string of the molecule is CN[C@@H](C)C(=O)NC1CCCC2SC(C)(C)[C@@H](C(=O)Nc3cc(C)nn3-c3ccccc3)N2C1=O. The van der Waals surface area contributed by atoms with Crippen LogP contribution >= 0.6 is 11.8 Å². The molecule has 9 nitrogen and oxygen atoms in total. The van der Waals surface area contributed by atoms with Crippen LogP contribution < -0.4 is 16.0 Å². The van der Waals surface area contributed by atoms with E-state index in [9.17, 15) is 14.4 Å². The number of benzene rings is 1. The van der Waals surface area contributed by atoms with E-state index in [1.165, 1.54) is 0 Å². The van der Waals surface area contributed by atoms with Gasteiger partial charge in [-0.2, -0.15) is 5.10 Å². The molecule has 0 saturated carbocycles. The summed E-state index contributed by atoms with van der Waals surface area (Å²) in [5, 5.41) is 13.3. The smallest absolute Gasteiger partial charge is 0.249 e. The molecule has 1 aromatic heterocycles. The number of amides is 3. The van der Waals surface area contributed by atoms with E-state index < -0.39 is 22.9 Å². The summed E-state index contributed by atoms with van der Waals surface area (Å²) < 4.78 is 1.20. The van der Waals surface area contributed by atoms with Crippen LogP contribution in [0.2, 0.25) is 0 Å². The van der Waals surface area contributed by atoms with Crippen molar-refractivity contribution in [2.45, 2.75) is 75.2 Å². The maximum Gasteiger partial charge on any atom is 0.249 e. The number of hydrogen-bond donors (Lipinski definition) is 3. The number of aryl methyl sites for hydroxylation is 1. The first-order valence-corrected chi connectivity index (χ1v) is 12.9. The Hall–Kier alpha value is -2.85. The molecule has 2 saturated heterocycles. The Morgan fingerprint density at radius 2 is 1.91 bits per heavy atom. The van der Waals surface area contributed by atoms with E-state index in [-0.39, 0.29) is 23.1 Å². The van der Waals surface area contributed by atoms with Gasteiger partial charge in [0.25, 0.3) is 0 Å². The first-order chi connectivity index (χ1) is 16.6. The third kappa shape index (κ3) is 5.08. The fourth-order valence-electron chi connectivity index (χ4n) is 4.79. The van der Waals surface area contributed by atoms with E-state index in [2.05, 4.69) is 21.0 Å². The van der Waals surface area contributed by atoms with Gasteiger partial charge in [-0.3, -0.25) is 14.4 Å². The molecule has 4 atom stereocenters. The molecule has 2 aliphatic rings. The van der Waals surface area contributed by atoms with Crippen molar-refractivity contribution in [3.8, 4) is 5.69 Å². The van der Waals surface area contributed by atoms with Crippen LogP contribution in [0.25, 0.3) is 5.69 Å². The van der Waals surface area contributed by atoms with Gasteiger partial charge in [0, 0.05) is 10.8 Å². The molecule has 0 bridgehead atoms. The summed E-state index contributed by atoms with van der Waals surface area (Å²) in [5.74, 6) is -0.127. The van der Waals surface area contributed by atoms with Gasteiger partial charge in [0.15, 0.2) is 0 Å². The Labute approximate surface area is 210 Å². The summed E-state index contributed by atoms with van der Waals surface area (Å²) in [6.45, 7) is 7.63. The number of nitrogens with zero attached hydrogens (tertiary/aromatic N) is 3. The van der Waals surface area contributed by atoms with Crippen LogP contribution in [0.1, 0.15) is 45.7 Å². The Morgan fingerprint density at radius 3 is 2.60 bits per heavy atom. The second-order valence-electron chi connectivity index (χ2n) is 9.73. The van der Waals surface area contributed by atoms with Crippen LogP contribution in [-0.2, 0) is 14.4 Å². The number of nitrogens with one attached hydrogen (secondary N) is 3. The summed E-state index contributed by atoms with van der Waals surface area (Å²) in [6, 6.07) is 9.67. The summed E-state index contributed by atoms with van der Waals surface area (Å²) in [5.41, 5.74) is 1.61. The molecule has 0 spiro atoms. The molecule has 2 fully saturated rings. The minimum atomic E-state index is -0.691. The molecular weight excluding hydrogens is 464 g/mol. The van der Waals surface area contributed by atoms with Crippen molar-refractivity contribution < 1.29 is 14.4 Å². The predicted molar refractivity (Wildman–Crippen MR) is 137 cm³/mol. The van der Waals surface area contributed by atoms with Crippen molar-refractivity contribution in [1.82, 2.24) is 25.3 Å². The lowest BCUT2D eigenvalue weighted by molar-refractivity contribution is -0.142. The number of fused-ring (bicyclic) bond motifs is 1. The number of carbonyl (C=O) groups excluding carboxylic acids is 3. The molecule has 1 aromatic carbocycles. The van der Waals surface area contributed by atoms with Crippen molar-refractivity contribution in [3.63, 3.8) is 0 Å². The minimum absolute atomic E-state index is 0.113. The van der Waals surface area contributed by atoms with Gasteiger partial charge < -0.3 is 20.9 Å². The van der Waals surface area contributed by atoms with Crippen molar-refractivity contribution in [3.05, 3.63) is 42.1 Å². The van der Waals surface area contributed by atoms with Crippen molar-refractivity contribution in [2.24, 2.45) is 0 Å². The Balaban J connectivity index is 1.61. The third-order valence-corrected chi connectivity index (χ3v) is 8.22. The molecule has 2 aromatic rings. The number of rotatable bonds is 6. The predicted octanol–water partition coefficient (Wildman–Crippen LogP) is 2.44. The highest BCUT2D eigenvalue weighted by molar-refractivity contribution is 8.01. The first kappa shape index (κ1) is 25.2. The summed E-state index contributed by atoms with van der Waals surface area (Å²) in [7, 11) is 1.71. The monoisotopic (exact) mass is 498 g/mol. The summed E-state index contributed by atoms with van der Waals surface area (Å²) in [4.78, 5) is 41.7. The normalized spacial score (nSPS) is 24.4. The molecule has 0 radical (unpaired) electrons. The van der Waals surface area contributed by atoms with Crippen LogP contribution in [0.5, 0.6) is 0 Å². The molecule has 3 heterocycles. The average molecular weight is 499 g/mol. The maximum atomic E-state index is 13.8. The number of hydrogen-bond acceptors (Lipinski definition) is 6.